The van der Waals surface area contributed by atoms with Crippen molar-refractivity contribution in [1.29, 1.82) is 5.26 Å². The van der Waals surface area contributed by atoms with E-state index in [9.17, 15) is 5.26 Å². The molecule has 0 saturated carbocycles. The minimum absolute atomic E-state index is 0.321. The minimum atomic E-state index is 0.321. The zero-order chi connectivity index (χ0) is 16.6. The quantitative estimate of drug-likeness (QED) is 0.535. The third-order valence-electron chi connectivity index (χ3n) is 4.49. The smallest absolute Gasteiger partial charge is 0.134 e. The number of fused-ring (bicyclic) bond motifs is 1. The summed E-state index contributed by atoms with van der Waals surface area (Å²) in [5.74, 6) is 0.685. The van der Waals surface area contributed by atoms with E-state index in [0.717, 1.165) is 32.1 Å². The van der Waals surface area contributed by atoms with Crippen LogP contribution in [-0.4, -0.2) is 6.21 Å². The van der Waals surface area contributed by atoms with Crippen LogP contribution in [0, 0.1) is 22.7 Å². The zero-order valence-corrected chi connectivity index (χ0v) is 16.7. The third kappa shape index (κ3) is 3.60. The Hall–Kier alpha value is -0.960. The number of hydrogen-bond donors (Lipinski definition) is 0. The minimum Gasteiger partial charge on any atom is -0.243 e. The van der Waals surface area contributed by atoms with Crippen molar-refractivity contribution in [2.75, 3.05) is 0 Å². The van der Waals surface area contributed by atoms with Gasteiger partial charge in [0.2, 0.25) is 0 Å². The molecule has 3 rings (SSSR count). The fourth-order valence-electron chi connectivity index (χ4n) is 3.04. The molecule has 23 heavy (non-hydrogen) atoms. The summed E-state index contributed by atoms with van der Waals surface area (Å²) in [6.45, 7) is 6.94. The summed E-state index contributed by atoms with van der Waals surface area (Å²) in [6.07, 6.45) is 5.13. The lowest BCUT2D eigenvalue weighted by atomic mass is 9.72. The average molecular weight is 407 g/mol. The van der Waals surface area contributed by atoms with Crippen LogP contribution in [0.2, 0.25) is 0 Å². The standard InChI is InChI=1S/C18H19BrN2S2/c1-18(2,3)11-4-6-13-14(9-20)17(23-15(13)8-11)21-10-12-5-7-16(19)22-12/h5,7,10-11H,4,6,8H2,1-3H3/t11-/m0/s1. The molecule has 2 heterocycles. The normalized spacial score (nSPS) is 18.1. The highest BCUT2D eigenvalue weighted by Gasteiger charge is 2.32. The van der Waals surface area contributed by atoms with E-state index < -0.39 is 0 Å². The molecular weight excluding hydrogens is 388 g/mol. The molecule has 120 valence electrons. The molecule has 5 heteroatoms. The van der Waals surface area contributed by atoms with Gasteiger partial charge in [0.1, 0.15) is 11.1 Å². The molecule has 0 saturated heterocycles. The van der Waals surface area contributed by atoms with Crippen LogP contribution in [0.15, 0.2) is 20.9 Å². The fourth-order valence-corrected chi connectivity index (χ4v) is 5.55. The van der Waals surface area contributed by atoms with E-state index in [0.29, 0.717) is 11.3 Å². The maximum absolute atomic E-state index is 9.57. The lowest BCUT2D eigenvalue weighted by Crippen LogP contribution is -2.26. The van der Waals surface area contributed by atoms with E-state index in [1.54, 1.807) is 22.7 Å². The van der Waals surface area contributed by atoms with Gasteiger partial charge < -0.3 is 0 Å². The van der Waals surface area contributed by atoms with Crippen LogP contribution in [-0.2, 0) is 12.8 Å². The van der Waals surface area contributed by atoms with Crippen LogP contribution >= 0.6 is 38.6 Å². The Morgan fingerprint density at radius 2 is 2.13 bits per heavy atom. The van der Waals surface area contributed by atoms with E-state index in [1.807, 2.05) is 18.3 Å². The second-order valence-electron chi connectivity index (χ2n) is 7.00. The molecule has 2 aromatic rings. The number of hydrogen-bond acceptors (Lipinski definition) is 4. The SMILES string of the molecule is CC(C)(C)[C@H]1CCc2c(sc(N=Cc3ccc(Br)s3)c2C#N)C1. The van der Waals surface area contributed by atoms with Crippen LogP contribution < -0.4 is 0 Å². The maximum Gasteiger partial charge on any atom is 0.134 e. The van der Waals surface area contributed by atoms with E-state index in [4.69, 9.17) is 0 Å². The molecule has 2 aromatic heterocycles. The van der Waals surface area contributed by atoms with E-state index in [2.05, 4.69) is 47.8 Å². The van der Waals surface area contributed by atoms with Gasteiger partial charge in [-0.3, -0.25) is 0 Å². The molecule has 1 aliphatic carbocycles. The number of halogens is 1. The summed E-state index contributed by atoms with van der Waals surface area (Å²) in [4.78, 5) is 7.08. The van der Waals surface area contributed by atoms with Crippen molar-refractivity contribution in [2.24, 2.45) is 16.3 Å². The lowest BCUT2D eigenvalue weighted by Gasteiger charge is -2.33. The Kier molecular flexibility index (Phi) is 4.78. The van der Waals surface area contributed by atoms with Crippen molar-refractivity contribution in [2.45, 2.75) is 40.0 Å². The van der Waals surface area contributed by atoms with Gasteiger partial charge in [-0.05, 0) is 64.2 Å². The summed E-state index contributed by atoms with van der Waals surface area (Å²) in [6, 6.07) is 6.44. The highest BCUT2D eigenvalue weighted by molar-refractivity contribution is 9.11. The van der Waals surface area contributed by atoms with Gasteiger partial charge in [0.25, 0.3) is 0 Å². The summed E-state index contributed by atoms with van der Waals surface area (Å²) < 4.78 is 1.10. The van der Waals surface area contributed by atoms with Crippen molar-refractivity contribution in [3.63, 3.8) is 0 Å². The van der Waals surface area contributed by atoms with Gasteiger partial charge >= 0.3 is 0 Å². The molecule has 2 nitrogen and oxygen atoms in total. The van der Waals surface area contributed by atoms with Gasteiger partial charge in [-0.1, -0.05) is 20.8 Å². The summed E-state index contributed by atoms with van der Waals surface area (Å²) in [5, 5.41) is 10.4. The molecule has 1 atom stereocenters. The van der Waals surface area contributed by atoms with Gasteiger partial charge in [0, 0.05) is 16.0 Å². The first-order chi connectivity index (χ1) is 10.9. The molecular formula is C18H19BrN2S2. The largest absolute Gasteiger partial charge is 0.243 e. The van der Waals surface area contributed by atoms with E-state index in [-0.39, 0.29) is 0 Å². The van der Waals surface area contributed by atoms with Crippen molar-refractivity contribution in [1.82, 2.24) is 0 Å². The van der Waals surface area contributed by atoms with Crippen molar-refractivity contribution >= 4 is 49.8 Å². The van der Waals surface area contributed by atoms with E-state index in [1.165, 1.54) is 16.9 Å². The predicted octanol–water partition coefficient (Wildman–Crippen LogP) is 6.35. The third-order valence-corrected chi connectivity index (χ3v) is 7.21. The highest BCUT2D eigenvalue weighted by atomic mass is 79.9. The molecule has 0 spiro atoms. The molecule has 1 aliphatic rings. The molecule has 0 radical (unpaired) electrons. The van der Waals surface area contributed by atoms with Crippen LogP contribution in [0.25, 0.3) is 0 Å². The van der Waals surface area contributed by atoms with Crippen molar-refractivity contribution in [3.05, 3.63) is 36.8 Å². The van der Waals surface area contributed by atoms with Crippen molar-refractivity contribution < 1.29 is 0 Å². The average Bonchev–Trinajstić information content (AvgIpc) is 3.06. The lowest BCUT2D eigenvalue weighted by molar-refractivity contribution is 0.218. The first-order valence-electron chi connectivity index (χ1n) is 7.72. The summed E-state index contributed by atoms with van der Waals surface area (Å²) in [5.41, 5.74) is 2.36. The molecule has 0 amide bonds. The predicted molar refractivity (Wildman–Crippen MR) is 103 cm³/mol. The molecule has 0 aromatic carbocycles. The first-order valence-corrected chi connectivity index (χ1v) is 10.1. The van der Waals surface area contributed by atoms with Gasteiger partial charge in [-0.2, -0.15) is 5.26 Å². The first kappa shape index (κ1) is 16.9. The second kappa shape index (κ2) is 6.51. The van der Waals surface area contributed by atoms with Gasteiger partial charge in [0.05, 0.1) is 9.35 Å². The Balaban J connectivity index is 1.90. The summed E-state index contributed by atoms with van der Waals surface area (Å²) in [7, 11) is 0. The van der Waals surface area contributed by atoms with Crippen LogP contribution in [0.5, 0.6) is 0 Å². The van der Waals surface area contributed by atoms with Crippen LogP contribution in [0.1, 0.15) is 48.1 Å². The number of nitriles is 1. The van der Waals surface area contributed by atoms with Gasteiger partial charge in [-0.15, -0.1) is 22.7 Å². The van der Waals surface area contributed by atoms with Gasteiger partial charge in [0.15, 0.2) is 0 Å². The number of aliphatic imine (C=N–C) groups is 1. The topological polar surface area (TPSA) is 36.1 Å². The molecule has 0 unspecified atom stereocenters. The molecule has 0 fully saturated rings. The van der Waals surface area contributed by atoms with Crippen LogP contribution in [0.4, 0.5) is 5.00 Å². The highest BCUT2D eigenvalue weighted by Crippen LogP contribution is 2.44. The van der Waals surface area contributed by atoms with Crippen molar-refractivity contribution in [3.8, 4) is 6.07 Å². The number of thiophene rings is 2. The maximum atomic E-state index is 9.57. The van der Waals surface area contributed by atoms with E-state index >= 15 is 0 Å². The number of rotatable bonds is 2. The fraction of sp³-hybridized carbons (Fsp3) is 0.444. The summed E-state index contributed by atoms with van der Waals surface area (Å²) >= 11 is 6.82. The zero-order valence-electron chi connectivity index (χ0n) is 13.5. The Bertz CT molecular complexity index is 787. The van der Waals surface area contributed by atoms with Gasteiger partial charge in [-0.25, -0.2) is 4.99 Å². The second-order valence-corrected chi connectivity index (χ2v) is 10.6. The Labute approximate surface area is 154 Å². The Morgan fingerprint density at radius 3 is 2.74 bits per heavy atom. The monoisotopic (exact) mass is 406 g/mol. The van der Waals surface area contributed by atoms with Crippen LogP contribution in [0.3, 0.4) is 0 Å². The molecule has 0 bridgehead atoms. The Morgan fingerprint density at radius 1 is 1.35 bits per heavy atom. The molecule has 0 N–H and O–H groups in total. The molecule has 0 aliphatic heterocycles. The number of nitrogens with zero attached hydrogens (tertiary/aromatic N) is 2.